The largest absolute Gasteiger partial charge is 0.494 e. The lowest BCUT2D eigenvalue weighted by atomic mass is 9.89. The number of ether oxygens (including phenoxy) is 1. The summed E-state index contributed by atoms with van der Waals surface area (Å²) in [6.45, 7) is 1.51. The molecule has 0 radical (unpaired) electrons. The van der Waals surface area contributed by atoms with Crippen LogP contribution in [0.4, 0.5) is 17.6 Å². The zero-order valence-electron chi connectivity index (χ0n) is 19.7. The summed E-state index contributed by atoms with van der Waals surface area (Å²) in [6.07, 6.45) is -5.10. The van der Waals surface area contributed by atoms with Crippen molar-refractivity contribution in [3.63, 3.8) is 0 Å². The summed E-state index contributed by atoms with van der Waals surface area (Å²) in [5.41, 5.74) is -2.02. The van der Waals surface area contributed by atoms with Crippen LogP contribution in [-0.2, 0) is 12.6 Å². The summed E-state index contributed by atoms with van der Waals surface area (Å²) in [5, 5.41) is 10.9. The van der Waals surface area contributed by atoms with Gasteiger partial charge in [0.2, 0.25) is 5.60 Å². The molecule has 0 aliphatic heterocycles. The minimum absolute atomic E-state index is 0.00713. The molecule has 0 fully saturated rings. The van der Waals surface area contributed by atoms with Gasteiger partial charge in [-0.2, -0.15) is 13.2 Å². The van der Waals surface area contributed by atoms with E-state index in [4.69, 9.17) is 4.74 Å². The maximum Gasteiger partial charge on any atom is 0.422 e. The van der Waals surface area contributed by atoms with Crippen molar-refractivity contribution in [2.75, 3.05) is 7.11 Å². The first-order valence-electron chi connectivity index (χ1n) is 11.0. The zero-order chi connectivity index (χ0) is 26.3. The highest BCUT2D eigenvalue weighted by molar-refractivity contribution is 5.99. The molecule has 0 amide bonds. The quantitative estimate of drug-likeness (QED) is 0.267. The molecule has 1 unspecified atom stereocenters. The Balaban J connectivity index is 1.68. The van der Waals surface area contributed by atoms with E-state index in [1.165, 1.54) is 50.4 Å². The molecular weight excluding hydrogens is 478 g/mol. The van der Waals surface area contributed by atoms with Crippen LogP contribution in [0.5, 0.6) is 5.75 Å². The Morgan fingerprint density at radius 3 is 2.53 bits per heavy atom. The van der Waals surface area contributed by atoms with Crippen LogP contribution in [0.2, 0.25) is 0 Å². The molecule has 1 atom stereocenters. The molecule has 0 aliphatic rings. The van der Waals surface area contributed by atoms with E-state index in [-0.39, 0.29) is 22.6 Å². The highest BCUT2D eigenvalue weighted by atomic mass is 19.4. The van der Waals surface area contributed by atoms with Gasteiger partial charge in [0.05, 0.1) is 30.2 Å². The number of alkyl halides is 3. The predicted octanol–water partition coefficient (Wildman–Crippen LogP) is 5.50. The fraction of sp³-hybridized carbons (Fsp3) is 0.269. The zero-order valence-corrected chi connectivity index (χ0v) is 19.7. The summed E-state index contributed by atoms with van der Waals surface area (Å²) in [5.74, 6) is -0.912. The first kappa shape index (κ1) is 25.3. The van der Waals surface area contributed by atoms with E-state index in [1.807, 2.05) is 0 Å². The number of Topliss-reactive ketones (excluding diaryl/α,β-unsaturated/α-hetero) is 1. The smallest absolute Gasteiger partial charge is 0.422 e. The third kappa shape index (κ3) is 4.56. The molecule has 0 bridgehead atoms. The lowest BCUT2D eigenvalue weighted by molar-refractivity contribution is -0.270. The number of carbonyl (C=O) groups is 1. The molecule has 4 aromatic rings. The van der Waals surface area contributed by atoms with E-state index >= 15 is 0 Å². The van der Waals surface area contributed by atoms with Crippen LogP contribution in [0, 0.1) is 12.7 Å². The van der Waals surface area contributed by atoms with Crippen LogP contribution in [-0.4, -0.2) is 38.7 Å². The number of rotatable bonds is 7. The third-order valence-corrected chi connectivity index (χ3v) is 6.16. The van der Waals surface area contributed by atoms with Gasteiger partial charge < -0.3 is 14.4 Å². The first-order chi connectivity index (χ1) is 16.9. The van der Waals surface area contributed by atoms with Crippen LogP contribution in [0.25, 0.3) is 22.3 Å². The Labute approximate surface area is 204 Å². The molecule has 188 valence electrons. The predicted molar refractivity (Wildman–Crippen MR) is 125 cm³/mol. The maximum atomic E-state index is 14.2. The number of pyridine rings is 1. The van der Waals surface area contributed by atoms with Gasteiger partial charge >= 0.3 is 6.18 Å². The van der Waals surface area contributed by atoms with Crippen molar-refractivity contribution < 1.29 is 32.2 Å². The van der Waals surface area contributed by atoms with Gasteiger partial charge in [0.15, 0.2) is 5.78 Å². The van der Waals surface area contributed by atoms with Gasteiger partial charge in [-0.05, 0) is 67.4 Å². The number of halogens is 4. The average molecular weight is 501 g/mol. The first-order valence-corrected chi connectivity index (χ1v) is 11.0. The molecular formula is C26H23F4N3O3. The van der Waals surface area contributed by atoms with Gasteiger partial charge in [-0.15, -0.1) is 0 Å². The molecule has 2 aromatic carbocycles. The maximum absolute atomic E-state index is 14.2. The second kappa shape index (κ2) is 9.34. The number of aromatic nitrogens is 3. The highest BCUT2D eigenvalue weighted by Crippen LogP contribution is 2.43. The topological polar surface area (TPSA) is 77.2 Å². The highest BCUT2D eigenvalue weighted by Gasteiger charge is 2.56. The second-order valence-electron chi connectivity index (χ2n) is 8.55. The standard InChI is InChI=1S/C26H23F4N3O3/c1-15-12-17(4-6-18(15)27)24-22(36-3)8-9-23(32-24)25(35,26(28,29)30)11-10-21(34)16-5-7-20-19(13-16)31-14-33(20)2/h4-9,12-14,35H,10-11H2,1-3H3. The van der Waals surface area contributed by atoms with Crippen molar-refractivity contribution in [3.05, 3.63) is 77.5 Å². The molecule has 0 saturated carbocycles. The van der Waals surface area contributed by atoms with Gasteiger partial charge in [0.25, 0.3) is 0 Å². The van der Waals surface area contributed by atoms with E-state index in [0.717, 1.165) is 11.6 Å². The summed E-state index contributed by atoms with van der Waals surface area (Å²) < 4.78 is 63.3. The third-order valence-electron chi connectivity index (χ3n) is 6.16. The molecule has 1 N–H and O–H groups in total. The van der Waals surface area contributed by atoms with Crippen LogP contribution in [0.1, 0.15) is 34.5 Å². The number of nitrogens with zero attached hydrogens (tertiary/aromatic N) is 3. The number of hydrogen-bond donors (Lipinski definition) is 1. The van der Waals surface area contributed by atoms with Crippen molar-refractivity contribution in [2.45, 2.75) is 31.5 Å². The second-order valence-corrected chi connectivity index (χ2v) is 8.55. The number of ketones is 1. The number of carbonyl (C=O) groups excluding carboxylic acids is 1. The fourth-order valence-electron chi connectivity index (χ4n) is 4.00. The van der Waals surface area contributed by atoms with Crippen molar-refractivity contribution >= 4 is 16.8 Å². The average Bonchev–Trinajstić information content (AvgIpc) is 3.22. The summed E-state index contributed by atoms with van der Waals surface area (Å²) >= 11 is 0. The molecule has 0 aliphatic carbocycles. The molecule has 2 aromatic heterocycles. The Morgan fingerprint density at radius 2 is 1.86 bits per heavy atom. The van der Waals surface area contributed by atoms with Gasteiger partial charge in [0.1, 0.15) is 17.3 Å². The van der Waals surface area contributed by atoms with Gasteiger partial charge in [-0.3, -0.25) is 4.79 Å². The Morgan fingerprint density at radius 1 is 1.11 bits per heavy atom. The van der Waals surface area contributed by atoms with E-state index < -0.39 is 41.9 Å². The number of benzene rings is 2. The Kier molecular flexibility index (Phi) is 6.57. The van der Waals surface area contributed by atoms with Crippen molar-refractivity contribution in [1.82, 2.24) is 14.5 Å². The van der Waals surface area contributed by atoms with Crippen molar-refractivity contribution in [1.29, 1.82) is 0 Å². The molecule has 4 rings (SSSR count). The number of aliphatic hydroxyl groups is 1. The van der Waals surface area contributed by atoms with Crippen LogP contribution >= 0.6 is 0 Å². The number of imidazole rings is 1. The normalized spacial score (nSPS) is 13.6. The molecule has 6 nitrogen and oxygen atoms in total. The molecule has 36 heavy (non-hydrogen) atoms. The SMILES string of the molecule is COc1ccc(C(O)(CCC(=O)c2ccc3c(c2)ncn3C)C(F)(F)F)nc1-c1ccc(F)c(C)c1. The number of aryl methyl sites for hydroxylation is 2. The molecule has 2 heterocycles. The van der Waals surface area contributed by atoms with Crippen LogP contribution in [0.3, 0.4) is 0 Å². The minimum atomic E-state index is -5.13. The monoisotopic (exact) mass is 501 g/mol. The lowest BCUT2D eigenvalue weighted by Gasteiger charge is -2.30. The van der Waals surface area contributed by atoms with Crippen molar-refractivity contribution in [3.8, 4) is 17.0 Å². The fourth-order valence-corrected chi connectivity index (χ4v) is 4.00. The molecule has 10 heteroatoms. The van der Waals surface area contributed by atoms with Crippen molar-refractivity contribution in [2.24, 2.45) is 7.05 Å². The Bertz CT molecular complexity index is 1450. The lowest BCUT2D eigenvalue weighted by Crippen LogP contribution is -2.43. The van der Waals surface area contributed by atoms with Gasteiger partial charge in [-0.25, -0.2) is 14.4 Å². The van der Waals surface area contributed by atoms with E-state index in [2.05, 4.69) is 9.97 Å². The minimum Gasteiger partial charge on any atom is -0.494 e. The van der Waals surface area contributed by atoms with Crippen LogP contribution in [0.15, 0.2) is 54.9 Å². The summed E-state index contributed by atoms with van der Waals surface area (Å²) in [6, 6.07) is 10.9. The number of methoxy groups -OCH3 is 1. The van der Waals surface area contributed by atoms with E-state index in [9.17, 15) is 27.5 Å². The van der Waals surface area contributed by atoms with Crippen LogP contribution < -0.4 is 4.74 Å². The van der Waals surface area contributed by atoms with E-state index in [0.29, 0.717) is 11.1 Å². The summed E-state index contributed by atoms with van der Waals surface area (Å²) in [4.78, 5) is 21.0. The Hall–Kier alpha value is -3.79. The van der Waals surface area contributed by atoms with Gasteiger partial charge in [-0.1, -0.05) is 0 Å². The van der Waals surface area contributed by atoms with Gasteiger partial charge in [0, 0.05) is 24.6 Å². The number of fused-ring (bicyclic) bond motifs is 1. The molecule has 0 saturated heterocycles. The van der Waals surface area contributed by atoms with E-state index in [1.54, 1.807) is 24.0 Å². The molecule has 0 spiro atoms. The summed E-state index contributed by atoms with van der Waals surface area (Å²) in [7, 11) is 3.10. The number of hydrogen-bond acceptors (Lipinski definition) is 5.